The van der Waals surface area contributed by atoms with Gasteiger partial charge in [-0.15, -0.1) is 0 Å². The SMILES string of the molecule is Nc1ncnc2cc(CN3CCN(Cc4[nH]c5ccc(Cl)cc5c4F)CC3C=O)ccc12. The summed E-state index contributed by atoms with van der Waals surface area (Å²) in [6.07, 6.45) is 2.42. The molecule has 3 N–H and O–H groups in total. The summed E-state index contributed by atoms with van der Waals surface area (Å²) in [5.74, 6) is 0.164. The number of anilines is 1. The van der Waals surface area contributed by atoms with Crippen molar-refractivity contribution >= 4 is 45.5 Å². The number of nitrogens with two attached hydrogens (primary N) is 1. The van der Waals surface area contributed by atoms with E-state index in [0.717, 1.165) is 29.3 Å². The number of fused-ring (bicyclic) bond motifs is 2. The summed E-state index contributed by atoms with van der Waals surface area (Å²) in [4.78, 5) is 27.5. The van der Waals surface area contributed by atoms with Crippen LogP contribution in [0.25, 0.3) is 21.8 Å². The molecule has 1 aliphatic rings. The Morgan fingerprint density at radius 3 is 2.88 bits per heavy atom. The van der Waals surface area contributed by atoms with Gasteiger partial charge < -0.3 is 15.5 Å². The maximum absolute atomic E-state index is 14.8. The van der Waals surface area contributed by atoms with E-state index in [1.54, 1.807) is 18.2 Å². The van der Waals surface area contributed by atoms with Crippen molar-refractivity contribution in [2.75, 3.05) is 25.4 Å². The van der Waals surface area contributed by atoms with Crippen molar-refractivity contribution in [3.8, 4) is 0 Å². The Balaban J connectivity index is 1.29. The number of piperazine rings is 1. The summed E-state index contributed by atoms with van der Waals surface area (Å²) >= 11 is 6.00. The van der Waals surface area contributed by atoms with Gasteiger partial charge >= 0.3 is 0 Å². The van der Waals surface area contributed by atoms with Gasteiger partial charge in [0.1, 0.15) is 18.4 Å². The van der Waals surface area contributed by atoms with Crippen LogP contribution in [0.5, 0.6) is 0 Å². The van der Waals surface area contributed by atoms with Crippen molar-refractivity contribution in [3.05, 3.63) is 64.8 Å². The number of aromatic amines is 1. The highest BCUT2D eigenvalue weighted by molar-refractivity contribution is 6.31. The molecule has 1 unspecified atom stereocenters. The number of carbonyl (C=O) groups is 1. The maximum atomic E-state index is 14.8. The lowest BCUT2D eigenvalue weighted by Crippen LogP contribution is -2.53. The zero-order chi connectivity index (χ0) is 22.2. The Morgan fingerprint density at radius 1 is 1.16 bits per heavy atom. The fourth-order valence-corrected chi connectivity index (χ4v) is 4.52. The third-order valence-corrected chi connectivity index (χ3v) is 6.28. The molecule has 5 rings (SSSR count). The van der Waals surface area contributed by atoms with E-state index in [4.69, 9.17) is 17.3 Å². The summed E-state index contributed by atoms with van der Waals surface area (Å²) in [6.45, 7) is 2.98. The van der Waals surface area contributed by atoms with Gasteiger partial charge in [0, 0.05) is 54.0 Å². The van der Waals surface area contributed by atoms with Crippen LogP contribution in [0.15, 0.2) is 42.7 Å². The van der Waals surface area contributed by atoms with Gasteiger partial charge in [0.2, 0.25) is 0 Å². The van der Waals surface area contributed by atoms with Crippen LogP contribution < -0.4 is 5.73 Å². The third-order valence-electron chi connectivity index (χ3n) is 6.04. The molecule has 2 aromatic carbocycles. The van der Waals surface area contributed by atoms with E-state index >= 15 is 0 Å². The number of H-pyrrole nitrogens is 1. The average Bonchev–Trinajstić information content (AvgIpc) is 3.09. The van der Waals surface area contributed by atoms with Crippen LogP contribution in [0.1, 0.15) is 11.3 Å². The molecule has 7 nitrogen and oxygen atoms in total. The van der Waals surface area contributed by atoms with Crippen LogP contribution in [0.2, 0.25) is 5.02 Å². The highest BCUT2D eigenvalue weighted by Gasteiger charge is 2.28. The van der Waals surface area contributed by atoms with Crippen molar-refractivity contribution in [1.29, 1.82) is 0 Å². The highest BCUT2D eigenvalue weighted by atomic mass is 35.5. The molecule has 3 heterocycles. The van der Waals surface area contributed by atoms with E-state index in [1.165, 1.54) is 6.33 Å². The second kappa shape index (κ2) is 8.46. The number of aromatic nitrogens is 3. The summed E-state index contributed by atoms with van der Waals surface area (Å²) in [6, 6.07) is 10.7. The maximum Gasteiger partial charge on any atom is 0.153 e. The number of hydrogen-bond acceptors (Lipinski definition) is 6. The zero-order valence-electron chi connectivity index (χ0n) is 17.3. The Labute approximate surface area is 189 Å². The summed E-state index contributed by atoms with van der Waals surface area (Å²) in [5, 5.41) is 1.80. The molecule has 164 valence electrons. The van der Waals surface area contributed by atoms with Gasteiger partial charge in [-0.2, -0.15) is 0 Å². The molecular formula is C23H22ClFN6O. The number of nitrogens with zero attached hydrogens (tertiary/aromatic N) is 4. The predicted octanol–water partition coefficient (Wildman–Crippen LogP) is 3.37. The first kappa shape index (κ1) is 20.8. The van der Waals surface area contributed by atoms with Crippen LogP contribution in [0, 0.1) is 5.82 Å². The van der Waals surface area contributed by atoms with Gasteiger partial charge in [-0.3, -0.25) is 9.80 Å². The molecule has 0 spiro atoms. The van der Waals surface area contributed by atoms with E-state index in [-0.39, 0.29) is 11.9 Å². The van der Waals surface area contributed by atoms with E-state index in [9.17, 15) is 9.18 Å². The molecular weight excluding hydrogens is 431 g/mol. The standard InChI is InChI=1S/C23H22ClFN6O/c24-15-2-4-19-18(8-15)22(25)21(29-19)11-30-5-6-31(16(10-30)12-32)9-14-1-3-17-20(7-14)27-13-28-23(17)26/h1-4,7-8,12-13,16,29H,5-6,9-11H2,(H2,26,27,28). The van der Waals surface area contributed by atoms with Gasteiger partial charge in [0.05, 0.1) is 17.3 Å². The molecule has 32 heavy (non-hydrogen) atoms. The molecule has 9 heteroatoms. The number of aldehydes is 1. The van der Waals surface area contributed by atoms with Gasteiger partial charge in [-0.1, -0.05) is 17.7 Å². The minimum absolute atomic E-state index is 0.281. The van der Waals surface area contributed by atoms with E-state index in [1.807, 2.05) is 18.2 Å². The largest absolute Gasteiger partial charge is 0.383 e. The minimum atomic E-state index is -0.287. The Kier molecular flexibility index (Phi) is 5.50. The first-order valence-corrected chi connectivity index (χ1v) is 10.8. The Morgan fingerprint density at radius 2 is 2.03 bits per heavy atom. The monoisotopic (exact) mass is 452 g/mol. The van der Waals surface area contributed by atoms with Crippen molar-refractivity contribution in [3.63, 3.8) is 0 Å². The number of nitrogen functional groups attached to an aromatic ring is 1. The lowest BCUT2D eigenvalue weighted by atomic mass is 10.1. The number of halogens is 2. The minimum Gasteiger partial charge on any atom is -0.383 e. The first-order valence-electron chi connectivity index (χ1n) is 10.4. The average molecular weight is 453 g/mol. The molecule has 0 bridgehead atoms. The molecule has 2 aromatic heterocycles. The van der Waals surface area contributed by atoms with E-state index < -0.39 is 0 Å². The van der Waals surface area contributed by atoms with Crippen molar-refractivity contribution < 1.29 is 9.18 Å². The molecule has 1 saturated heterocycles. The Bertz CT molecular complexity index is 1310. The van der Waals surface area contributed by atoms with Gasteiger partial charge in [0.15, 0.2) is 5.82 Å². The fraction of sp³-hybridized carbons (Fsp3) is 0.261. The normalized spacial score (nSPS) is 17.9. The number of carbonyl (C=O) groups excluding carboxylic acids is 1. The summed E-state index contributed by atoms with van der Waals surface area (Å²) in [5.41, 5.74) is 8.96. The highest BCUT2D eigenvalue weighted by Crippen LogP contribution is 2.26. The predicted molar refractivity (Wildman–Crippen MR) is 123 cm³/mol. The van der Waals surface area contributed by atoms with Gasteiger partial charge in [-0.05, 0) is 35.9 Å². The molecule has 0 amide bonds. The van der Waals surface area contributed by atoms with Gasteiger partial charge in [0.25, 0.3) is 0 Å². The van der Waals surface area contributed by atoms with Crippen LogP contribution >= 0.6 is 11.6 Å². The molecule has 1 aliphatic heterocycles. The fourth-order valence-electron chi connectivity index (χ4n) is 4.35. The van der Waals surface area contributed by atoms with E-state index in [2.05, 4.69) is 24.8 Å². The lowest BCUT2D eigenvalue weighted by Gasteiger charge is -2.38. The molecule has 0 saturated carbocycles. The molecule has 0 aliphatic carbocycles. The number of rotatable bonds is 5. The smallest absolute Gasteiger partial charge is 0.153 e. The van der Waals surface area contributed by atoms with Crippen LogP contribution in [0.4, 0.5) is 10.2 Å². The van der Waals surface area contributed by atoms with Gasteiger partial charge in [-0.25, -0.2) is 14.4 Å². The first-order chi connectivity index (χ1) is 15.5. The Hall–Kier alpha value is -3.07. The summed E-state index contributed by atoms with van der Waals surface area (Å²) < 4.78 is 14.8. The quantitative estimate of drug-likeness (QED) is 0.451. The lowest BCUT2D eigenvalue weighted by molar-refractivity contribution is -0.115. The number of benzene rings is 2. The molecule has 4 aromatic rings. The van der Waals surface area contributed by atoms with Crippen molar-refractivity contribution in [1.82, 2.24) is 24.8 Å². The number of hydrogen-bond donors (Lipinski definition) is 2. The second-order valence-corrected chi connectivity index (χ2v) is 8.56. The summed E-state index contributed by atoms with van der Waals surface area (Å²) in [7, 11) is 0. The molecule has 1 atom stereocenters. The third kappa shape index (κ3) is 3.92. The van der Waals surface area contributed by atoms with Crippen LogP contribution in [-0.4, -0.2) is 56.7 Å². The van der Waals surface area contributed by atoms with Crippen molar-refractivity contribution in [2.45, 2.75) is 19.1 Å². The van der Waals surface area contributed by atoms with Crippen LogP contribution in [0.3, 0.4) is 0 Å². The molecule has 1 fully saturated rings. The molecule has 0 radical (unpaired) electrons. The number of nitrogens with one attached hydrogen (secondary N) is 1. The zero-order valence-corrected chi connectivity index (χ0v) is 18.0. The topological polar surface area (TPSA) is 91.1 Å². The van der Waals surface area contributed by atoms with Crippen molar-refractivity contribution in [2.24, 2.45) is 0 Å². The second-order valence-electron chi connectivity index (χ2n) is 8.13. The van der Waals surface area contributed by atoms with E-state index in [0.29, 0.717) is 53.6 Å². The van der Waals surface area contributed by atoms with Crippen LogP contribution in [-0.2, 0) is 17.9 Å².